The fraction of sp³-hybridized carbons (Fsp3) is 0.364. The highest BCUT2D eigenvalue weighted by Crippen LogP contribution is 2.25. The van der Waals surface area contributed by atoms with Crippen LogP contribution in [0.2, 0.25) is 0 Å². The zero-order valence-corrected chi connectivity index (χ0v) is 11.3. The molecule has 0 bridgehead atoms. The Hall–Kier alpha value is -1.96. The summed E-state index contributed by atoms with van der Waals surface area (Å²) in [5.74, 6) is -1.22. The summed E-state index contributed by atoms with van der Waals surface area (Å²) in [6.45, 7) is 2.05. The highest BCUT2D eigenvalue weighted by atomic mass is 32.2. The van der Waals surface area contributed by atoms with Gasteiger partial charge >= 0.3 is 5.97 Å². The maximum absolute atomic E-state index is 11.2. The molecule has 1 rings (SSSR count). The van der Waals surface area contributed by atoms with Gasteiger partial charge in [0.05, 0.1) is 10.5 Å². The number of nitro groups is 1. The Balaban J connectivity index is 2.97. The molecular weight excluding hydrogens is 272 g/mol. The molecule has 104 valence electrons. The van der Waals surface area contributed by atoms with Gasteiger partial charge in [-0.25, -0.2) is 4.79 Å². The van der Waals surface area contributed by atoms with Crippen molar-refractivity contribution >= 4 is 28.1 Å². The monoisotopic (exact) mass is 286 g/mol. The van der Waals surface area contributed by atoms with Crippen LogP contribution in [-0.2, 0) is 10.8 Å². The Labute approximate surface area is 112 Å². The van der Waals surface area contributed by atoms with Crippen molar-refractivity contribution in [3.8, 4) is 0 Å². The van der Waals surface area contributed by atoms with Gasteiger partial charge in [0, 0.05) is 34.9 Å². The van der Waals surface area contributed by atoms with Crippen molar-refractivity contribution in [3.05, 3.63) is 33.9 Å². The molecular formula is C11H14N2O5S. The van der Waals surface area contributed by atoms with E-state index in [1.807, 2.05) is 0 Å². The number of hydrogen-bond donors (Lipinski definition) is 2. The molecule has 1 aromatic rings. The minimum Gasteiger partial charge on any atom is -0.478 e. The minimum absolute atomic E-state index is 0.149. The van der Waals surface area contributed by atoms with Crippen LogP contribution in [0.1, 0.15) is 17.3 Å². The van der Waals surface area contributed by atoms with Crippen molar-refractivity contribution in [3.63, 3.8) is 0 Å². The SMILES string of the molecule is CC(CNc1ccc(C(=O)O)cc1[N+](=O)[O-])S(C)=O. The lowest BCUT2D eigenvalue weighted by atomic mass is 10.1. The van der Waals surface area contributed by atoms with Gasteiger partial charge < -0.3 is 10.4 Å². The average Bonchev–Trinajstić information content (AvgIpc) is 2.35. The summed E-state index contributed by atoms with van der Waals surface area (Å²) in [6.07, 6.45) is 1.55. The van der Waals surface area contributed by atoms with E-state index in [0.29, 0.717) is 6.54 Å². The van der Waals surface area contributed by atoms with Gasteiger partial charge in [0.25, 0.3) is 5.69 Å². The number of carboxylic acids is 1. The summed E-state index contributed by atoms with van der Waals surface area (Å²) in [5.41, 5.74) is -0.245. The van der Waals surface area contributed by atoms with Gasteiger partial charge in [-0.15, -0.1) is 0 Å². The molecule has 8 heteroatoms. The van der Waals surface area contributed by atoms with E-state index in [1.54, 1.807) is 13.2 Å². The van der Waals surface area contributed by atoms with Crippen molar-refractivity contribution in [2.75, 3.05) is 18.1 Å². The fourth-order valence-electron chi connectivity index (χ4n) is 1.34. The van der Waals surface area contributed by atoms with E-state index in [0.717, 1.165) is 6.07 Å². The van der Waals surface area contributed by atoms with Crippen LogP contribution in [0.15, 0.2) is 18.2 Å². The first-order chi connectivity index (χ1) is 8.82. The van der Waals surface area contributed by atoms with Gasteiger partial charge in [-0.1, -0.05) is 0 Å². The van der Waals surface area contributed by atoms with Crippen LogP contribution in [-0.4, -0.2) is 38.3 Å². The van der Waals surface area contributed by atoms with E-state index in [4.69, 9.17) is 5.11 Å². The molecule has 7 nitrogen and oxygen atoms in total. The molecule has 0 aliphatic heterocycles. The molecule has 0 fully saturated rings. The van der Waals surface area contributed by atoms with E-state index in [1.165, 1.54) is 12.1 Å². The molecule has 0 aliphatic rings. The number of nitro benzene ring substituents is 1. The molecule has 0 amide bonds. The van der Waals surface area contributed by atoms with Gasteiger partial charge in [0.2, 0.25) is 0 Å². The second-order valence-corrected chi connectivity index (χ2v) is 5.79. The number of benzene rings is 1. The van der Waals surface area contributed by atoms with Gasteiger partial charge in [-0.3, -0.25) is 14.3 Å². The largest absolute Gasteiger partial charge is 0.478 e. The van der Waals surface area contributed by atoms with Crippen molar-refractivity contribution in [2.24, 2.45) is 0 Å². The Morgan fingerprint density at radius 2 is 2.21 bits per heavy atom. The molecule has 2 N–H and O–H groups in total. The first kappa shape index (κ1) is 15.1. The summed E-state index contributed by atoms with van der Waals surface area (Å²) in [4.78, 5) is 21.0. The van der Waals surface area contributed by atoms with Crippen molar-refractivity contribution in [1.82, 2.24) is 0 Å². The zero-order chi connectivity index (χ0) is 14.6. The molecule has 2 unspecified atom stereocenters. The van der Waals surface area contributed by atoms with Gasteiger partial charge in [0.15, 0.2) is 0 Å². The second kappa shape index (κ2) is 6.28. The fourth-order valence-corrected chi connectivity index (χ4v) is 1.65. The van der Waals surface area contributed by atoms with Crippen LogP contribution in [0.3, 0.4) is 0 Å². The second-order valence-electron chi connectivity index (χ2n) is 3.98. The van der Waals surface area contributed by atoms with Crippen molar-refractivity contribution in [2.45, 2.75) is 12.2 Å². The van der Waals surface area contributed by atoms with E-state index in [2.05, 4.69) is 5.32 Å². The molecule has 0 aromatic heterocycles. The summed E-state index contributed by atoms with van der Waals surface area (Å²) >= 11 is 0. The van der Waals surface area contributed by atoms with Crippen LogP contribution in [0, 0.1) is 10.1 Å². The van der Waals surface area contributed by atoms with Crippen molar-refractivity contribution < 1.29 is 19.0 Å². The Kier molecular flexibility index (Phi) is 4.99. The number of anilines is 1. The maximum atomic E-state index is 11.2. The number of rotatable bonds is 6. The minimum atomic E-state index is -1.22. The van der Waals surface area contributed by atoms with Gasteiger partial charge in [0.1, 0.15) is 5.69 Å². The van der Waals surface area contributed by atoms with E-state index in [-0.39, 0.29) is 22.2 Å². The topological polar surface area (TPSA) is 110 Å². The average molecular weight is 286 g/mol. The van der Waals surface area contributed by atoms with Crippen LogP contribution in [0.25, 0.3) is 0 Å². The number of nitrogens with one attached hydrogen (secondary N) is 1. The summed E-state index contributed by atoms with van der Waals surface area (Å²) in [6, 6.07) is 3.62. The summed E-state index contributed by atoms with van der Waals surface area (Å²) in [5, 5.41) is 22.3. The van der Waals surface area contributed by atoms with Crippen molar-refractivity contribution in [1.29, 1.82) is 0 Å². The van der Waals surface area contributed by atoms with E-state index < -0.39 is 21.7 Å². The first-order valence-corrected chi connectivity index (χ1v) is 7.03. The maximum Gasteiger partial charge on any atom is 0.335 e. The summed E-state index contributed by atoms with van der Waals surface area (Å²) in [7, 11) is -1.04. The number of nitrogens with zero attached hydrogens (tertiary/aromatic N) is 1. The Bertz CT molecular complexity index is 532. The zero-order valence-electron chi connectivity index (χ0n) is 10.5. The third-order valence-electron chi connectivity index (χ3n) is 2.59. The number of aromatic carboxylic acids is 1. The van der Waals surface area contributed by atoms with Crippen LogP contribution in [0.4, 0.5) is 11.4 Å². The number of carbonyl (C=O) groups is 1. The molecule has 0 radical (unpaired) electrons. The van der Waals surface area contributed by atoms with Gasteiger partial charge in [-0.2, -0.15) is 0 Å². The lowest BCUT2D eigenvalue weighted by Crippen LogP contribution is -2.21. The molecule has 0 heterocycles. The lowest BCUT2D eigenvalue weighted by molar-refractivity contribution is -0.384. The van der Waals surface area contributed by atoms with E-state index in [9.17, 15) is 19.1 Å². The third-order valence-corrected chi connectivity index (χ3v) is 3.89. The van der Waals surface area contributed by atoms with Crippen LogP contribution in [0.5, 0.6) is 0 Å². The number of hydrogen-bond acceptors (Lipinski definition) is 5. The number of carboxylic acid groups (broad SMARTS) is 1. The molecule has 0 aliphatic carbocycles. The molecule has 0 saturated carbocycles. The van der Waals surface area contributed by atoms with E-state index >= 15 is 0 Å². The molecule has 0 saturated heterocycles. The predicted molar refractivity (Wildman–Crippen MR) is 72.1 cm³/mol. The Morgan fingerprint density at radius 1 is 1.58 bits per heavy atom. The molecule has 1 aromatic carbocycles. The molecule has 19 heavy (non-hydrogen) atoms. The normalized spacial score (nSPS) is 13.6. The van der Waals surface area contributed by atoms with Crippen LogP contribution >= 0.6 is 0 Å². The highest BCUT2D eigenvalue weighted by Gasteiger charge is 2.18. The van der Waals surface area contributed by atoms with Crippen LogP contribution < -0.4 is 5.32 Å². The molecule has 0 spiro atoms. The summed E-state index contributed by atoms with van der Waals surface area (Å²) < 4.78 is 11.2. The smallest absolute Gasteiger partial charge is 0.335 e. The standard InChI is InChI=1S/C11H14N2O5S/c1-7(19(2)18)6-12-9-4-3-8(11(14)15)5-10(9)13(16)17/h3-5,7,12H,6H2,1-2H3,(H,14,15). The molecule has 2 atom stereocenters. The highest BCUT2D eigenvalue weighted by molar-refractivity contribution is 7.84. The Morgan fingerprint density at radius 3 is 2.68 bits per heavy atom. The third kappa shape index (κ3) is 4.02. The first-order valence-electron chi connectivity index (χ1n) is 5.40. The lowest BCUT2D eigenvalue weighted by Gasteiger charge is -2.11. The quantitative estimate of drug-likeness (QED) is 0.605. The van der Waals surface area contributed by atoms with Gasteiger partial charge in [-0.05, 0) is 19.1 Å². The predicted octanol–water partition coefficient (Wildman–Crippen LogP) is 1.47.